The molecule has 1 aliphatic rings. The third-order valence-corrected chi connectivity index (χ3v) is 4.80. The van der Waals surface area contributed by atoms with Crippen molar-refractivity contribution >= 4 is 23.2 Å². The third-order valence-electron chi connectivity index (χ3n) is 4.39. The molecule has 1 aromatic carbocycles. The molecule has 1 heterocycles. The molecule has 116 valence electrons. The Bertz CT molecular complexity index is 490. The van der Waals surface area contributed by atoms with Gasteiger partial charge in [-0.25, -0.2) is 0 Å². The molecule has 0 aliphatic carbocycles. The summed E-state index contributed by atoms with van der Waals surface area (Å²) in [5, 5.41) is 3.66. The van der Waals surface area contributed by atoms with Gasteiger partial charge in [0.05, 0.1) is 0 Å². The zero-order valence-electron chi connectivity index (χ0n) is 13.0. The van der Waals surface area contributed by atoms with Crippen molar-refractivity contribution in [2.75, 3.05) is 18.4 Å². The molecular weight excluding hydrogens is 284 g/mol. The number of halogens is 1. The Morgan fingerprint density at radius 1 is 1.43 bits per heavy atom. The second kappa shape index (κ2) is 7.81. The molecule has 0 bridgehead atoms. The minimum absolute atomic E-state index is 0.0702. The van der Waals surface area contributed by atoms with Gasteiger partial charge in [0.25, 0.3) is 0 Å². The van der Waals surface area contributed by atoms with E-state index >= 15 is 0 Å². The molecule has 1 aliphatic heterocycles. The summed E-state index contributed by atoms with van der Waals surface area (Å²) < 4.78 is 0. The number of hydrogen-bond donors (Lipinski definition) is 1. The third kappa shape index (κ3) is 4.45. The smallest absolute Gasteiger partial charge is 0.225 e. The first kappa shape index (κ1) is 16.3. The van der Waals surface area contributed by atoms with E-state index in [0.29, 0.717) is 17.5 Å². The summed E-state index contributed by atoms with van der Waals surface area (Å²) in [6, 6.07) is 6.25. The molecule has 1 N–H and O–H groups in total. The lowest BCUT2D eigenvalue weighted by Gasteiger charge is -2.35. The molecule has 0 radical (unpaired) electrons. The van der Waals surface area contributed by atoms with Crippen molar-refractivity contribution < 1.29 is 4.79 Å². The van der Waals surface area contributed by atoms with Gasteiger partial charge in [-0.1, -0.05) is 31.0 Å². The molecule has 3 nitrogen and oxygen atoms in total. The van der Waals surface area contributed by atoms with Crippen LogP contribution in [0.15, 0.2) is 18.2 Å². The second-order valence-corrected chi connectivity index (χ2v) is 6.21. The Kier molecular flexibility index (Phi) is 6.07. The molecule has 2 rings (SSSR count). The maximum absolute atomic E-state index is 12.1. The minimum Gasteiger partial charge on any atom is -0.326 e. The number of carbonyl (C=O) groups excluding carboxylic acids is 1. The predicted octanol–water partition coefficient (Wildman–Crippen LogP) is 4.24. The molecule has 1 saturated heterocycles. The summed E-state index contributed by atoms with van der Waals surface area (Å²) >= 11 is 6.07. The van der Waals surface area contributed by atoms with Crippen LogP contribution < -0.4 is 5.32 Å². The average molecular weight is 309 g/mol. The van der Waals surface area contributed by atoms with Crippen molar-refractivity contribution in [2.24, 2.45) is 0 Å². The molecular formula is C17H25ClN2O. The summed E-state index contributed by atoms with van der Waals surface area (Å²) in [5.41, 5.74) is 1.75. The molecule has 4 heteroatoms. The SMILES string of the molecule is CCC1CCCCN1CCC(=O)Nc1cccc(Cl)c1C. The zero-order chi connectivity index (χ0) is 15.2. The van der Waals surface area contributed by atoms with Crippen LogP contribution in [0.5, 0.6) is 0 Å². The van der Waals surface area contributed by atoms with E-state index in [1.807, 2.05) is 25.1 Å². The van der Waals surface area contributed by atoms with Gasteiger partial charge in [-0.15, -0.1) is 0 Å². The zero-order valence-corrected chi connectivity index (χ0v) is 13.7. The van der Waals surface area contributed by atoms with Crippen molar-refractivity contribution in [1.29, 1.82) is 0 Å². The van der Waals surface area contributed by atoms with Gasteiger partial charge in [0.1, 0.15) is 0 Å². The lowest BCUT2D eigenvalue weighted by Crippen LogP contribution is -2.40. The van der Waals surface area contributed by atoms with E-state index in [-0.39, 0.29) is 5.91 Å². The van der Waals surface area contributed by atoms with Crippen molar-refractivity contribution in [1.82, 2.24) is 4.90 Å². The van der Waals surface area contributed by atoms with Crippen LogP contribution in [0, 0.1) is 6.92 Å². The summed E-state index contributed by atoms with van der Waals surface area (Å²) in [7, 11) is 0. The van der Waals surface area contributed by atoms with E-state index in [1.54, 1.807) is 0 Å². The maximum atomic E-state index is 12.1. The van der Waals surface area contributed by atoms with E-state index in [4.69, 9.17) is 11.6 Å². The lowest BCUT2D eigenvalue weighted by molar-refractivity contribution is -0.116. The van der Waals surface area contributed by atoms with Gasteiger partial charge in [-0.05, 0) is 50.4 Å². The summed E-state index contributed by atoms with van der Waals surface area (Å²) in [6.07, 6.45) is 5.57. The number of amides is 1. The van der Waals surface area contributed by atoms with Gasteiger partial charge in [0.2, 0.25) is 5.91 Å². The van der Waals surface area contributed by atoms with Crippen molar-refractivity contribution in [3.05, 3.63) is 28.8 Å². The summed E-state index contributed by atoms with van der Waals surface area (Å²) in [4.78, 5) is 14.6. The van der Waals surface area contributed by atoms with Crippen LogP contribution in [0.25, 0.3) is 0 Å². The normalized spacial score (nSPS) is 19.5. The number of hydrogen-bond acceptors (Lipinski definition) is 2. The molecule has 1 unspecified atom stereocenters. The highest BCUT2D eigenvalue weighted by atomic mass is 35.5. The Morgan fingerprint density at radius 2 is 2.24 bits per heavy atom. The highest BCUT2D eigenvalue weighted by molar-refractivity contribution is 6.31. The van der Waals surface area contributed by atoms with Crippen molar-refractivity contribution in [3.63, 3.8) is 0 Å². The number of nitrogens with one attached hydrogen (secondary N) is 1. The number of carbonyl (C=O) groups is 1. The van der Waals surface area contributed by atoms with Crippen LogP contribution in [0.2, 0.25) is 5.02 Å². The van der Waals surface area contributed by atoms with Gasteiger partial charge >= 0.3 is 0 Å². The molecule has 0 spiro atoms. The van der Waals surface area contributed by atoms with Crippen LogP contribution in [0.4, 0.5) is 5.69 Å². The second-order valence-electron chi connectivity index (χ2n) is 5.80. The number of benzene rings is 1. The monoisotopic (exact) mass is 308 g/mol. The largest absolute Gasteiger partial charge is 0.326 e. The van der Waals surface area contributed by atoms with Crippen LogP contribution >= 0.6 is 11.6 Å². The molecule has 21 heavy (non-hydrogen) atoms. The molecule has 1 fully saturated rings. The van der Waals surface area contributed by atoms with E-state index < -0.39 is 0 Å². The molecule has 1 amide bonds. The number of rotatable bonds is 5. The molecule has 1 aromatic rings. The van der Waals surface area contributed by atoms with Crippen molar-refractivity contribution in [3.8, 4) is 0 Å². The Hall–Kier alpha value is -1.06. The molecule has 0 saturated carbocycles. The fourth-order valence-corrected chi connectivity index (χ4v) is 3.19. The summed E-state index contributed by atoms with van der Waals surface area (Å²) in [5.74, 6) is 0.0702. The average Bonchev–Trinajstić information content (AvgIpc) is 2.50. The number of anilines is 1. The van der Waals surface area contributed by atoms with E-state index in [1.165, 1.54) is 25.7 Å². The van der Waals surface area contributed by atoms with E-state index in [9.17, 15) is 4.79 Å². The first-order valence-electron chi connectivity index (χ1n) is 7.90. The fourth-order valence-electron chi connectivity index (χ4n) is 3.02. The van der Waals surface area contributed by atoms with Gasteiger partial charge in [0.15, 0.2) is 0 Å². The molecule has 0 aromatic heterocycles. The number of piperidine rings is 1. The van der Waals surface area contributed by atoms with Crippen molar-refractivity contribution in [2.45, 2.75) is 52.0 Å². The number of likely N-dealkylation sites (tertiary alicyclic amines) is 1. The van der Waals surface area contributed by atoms with Crippen LogP contribution in [0.3, 0.4) is 0 Å². The highest BCUT2D eigenvalue weighted by Gasteiger charge is 2.21. The quantitative estimate of drug-likeness (QED) is 0.882. The van der Waals surface area contributed by atoms with Gasteiger partial charge in [0, 0.05) is 29.7 Å². The van der Waals surface area contributed by atoms with Crippen LogP contribution in [-0.4, -0.2) is 29.9 Å². The highest BCUT2D eigenvalue weighted by Crippen LogP contribution is 2.23. The standard InChI is InChI=1S/C17H25ClN2O/c1-3-14-7-4-5-11-20(14)12-10-17(21)19-16-9-6-8-15(18)13(16)2/h6,8-9,14H,3-5,7,10-12H2,1-2H3,(H,19,21). The van der Waals surface area contributed by atoms with Crippen LogP contribution in [0.1, 0.15) is 44.6 Å². The van der Waals surface area contributed by atoms with Gasteiger partial charge in [-0.2, -0.15) is 0 Å². The Balaban J connectivity index is 1.85. The van der Waals surface area contributed by atoms with E-state index in [2.05, 4.69) is 17.1 Å². The lowest BCUT2D eigenvalue weighted by atomic mass is 10.00. The maximum Gasteiger partial charge on any atom is 0.225 e. The first-order valence-corrected chi connectivity index (χ1v) is 8.28. The van der Waals surface area contributed by atoms with Crippen LogP contribution in [-0.2, 0) is 4.79 Å². The fraction of sp³-hybridized carbons (Fsp3) is 0.588. The Morgan fingerprint density at radius 3 is 3.00 bits per heavy atom. The number of nitrogens with zero attached hydrogens (tertiary/aromatic N) is 1. The topological polar surface area (TPSA) is 32.3 Å². The Labute approximate surface area is 132 Å². The first-order chi connectivity index (χ1) is 10.1. The van der Waals surface area contributed by atoms with Gasteiger partial charge < -0.3 is 5.32 Å². The molecule has 1 atom stereocenters. The predicted molar refractivity (Wildman–Crippen MR) is 88.9 cm³/mol. The van der Waals surface area contributed by atoms with E-state index in [0.717, 1.165) is 24.3 Å². The van der Waals surface area contributed by atoms with Gasteiger partial charge in [-0.3, -0.25) is 9.69 Å². The summed E-state index contributed by atoms with van der Waals surface area (Å²) in [6.45, 7) is 6.14. The minimum atomic E-state index is 0.0702.